The maximum Gasteiger partial charge on any atom is 0.467 e. The van der Waals surface area contributed by atoms with E-state index < -0.39 is 18.3 Å². The molecule has 1 unspecified atom stereocenters. The molecule has 0 aliphatic carbocycles. The van der Waals surface area contributed by atoms with E-state index >= 15 is 0 Å². The third kappa shape index (κ3) is 2.92. The fraction of sp³-hybridized carbons (Fsp3) is 0.643. The highest BCUT2D eigenvalue weighted by atomic mass is 32.1. The lowest BCUT2D eigenvalue weighted by atomic mass is 9.69. The molecule has 4 nitrogen and oxygen atoms in total. The highest BCUT2D eigenvalue weighted by Crippen LogP contribution is 2.42. The van der Waals surface area contributed by atoms with E-state index in [1.807, 2.05) is 45.2 Å². The summed E-state index contributed by atoms with van der Waals surface area (Å²) in [6, 6.07) is 3.97. The summed E-state index contributed by atoms with van der Waals surface area (Å²) in [6.07, 6.45) is 0.258. The van der Waals surface area contributed by atoms with Gasteiger partial charge in [-0.3, -0.25) is 4.79 Å². The summed E-state index contributed by atoms with van der Waals surface area (Å²) in [5.74, 6) is -0.387. The molecular weight excluding hydrogens is 275 g/mol. The van der Waals surface area contributed by atoms with Crippen molar-refractivity contribution in [3.05, 3.63) is 22.4 Å². The molecule has 1 aliphatic rings. The quantitative estimate of drug-likeness (QED) is 0.633. The molecule has 0 amide bonds. The van der Waals surface area contributed by atoms with Gasteiger partial charge in [-0.15, -0.1) is 11.3 Å². The van der Waals surface area contributed by atoms with E-state index in [0.717, 1.165) is 4.88 Å². The van der Waals surface area contributed by atoms with Gasteiger partial charge in [0.25, 0.3) is 0 Å². The van der Waals surface area contributed by atoms with Crippen LogP contribution in [0.4, 0.5) is 0 Å². The second-order valence-corrected chi connectivity index (χ2v) is 7.01. The average molecular weight is 296 g/mol. The molecule has 1 fully saturated rings. The van der Waals surface area contributed by atoms with Gasteiger partial charge in [-0.1, -0.05) is 6.07 Å². The molecule has 0 bridgehead atoms. The van der Waals surface area contributed by atoms with Crippen LogP contribution in [0.1, 0.15) is 44.8 Å². The molecule has 110 valence electrons. The Labute approximate surface area is 124 Å². The van der Waals surface area contributed by atoms with Gasteiger partial charge in [0.1, 0.15) is 0 Å². The number of rotatable bonds is 4. The maximum atomic E-state index is 11.7. The Hall–Kier alpha value is -0.845. The number of ether oxygens (including phenoxy) is 1. The summed E-state index contributed by atoms with van der Waals surface area (Å²) >= 11 is 1.60. The third-order valence-electron chi connectivity index (χ3n) is 4.12. The Balaban J connectivity index is 2.23. The number of methoxy groups -OCH3 is 1. The molecule has 0 radical (unpaired) electrons. The van der Waals surface area contributed by atoms with Crippen LogP contribution in [0.3, 0.4) is 0 Å². The highest BCUT2D eigenvalue weighted by molar-refractivity contribution is 7.10. The topological polar surface area (TPSA) is 44.8 Å². The van der Waals surface area contributed by atoms with E-state index in [-0.39, 0.29) is 18.2 Å². The van der Waals surface area contributed by atoms with Gasteiger partial charge in [0, 0.05) is 10.7 Å². The van der Waals surface area contributed by atoms with E-state index in [0.29, 0.717) is 0 Å². The zero-order chi connectivity index (χ0) is 15.0. The van der Waals surface area contributed by atoms with Gasteiger partial charge in [-0.2, -0.15) is 0 Å². The predicted molar refractivity (Wildman–Crippen MR) is 79.8 cm³/mol. The van der Waals surface area contributed by atoms with Crippen LogP contribution in [0.5, 0.6) is 0 Å². The molecule has 1 aromatic rings. The number of hydrogen-bond donors (Lipinski definition) is 0. The molecule has 0 saturated carbocycles. The van der Waals surface area contributed by atoms with E-state index in [1.165, 1.54) is 7.11 Å². The summed E-state index contributed by atoms with van der Waals surface area (Å²) in [5.41, 5.74) is -0.799. The van der Waals surface area contributed by atoms with Crippen molar-refractivity contribution in [3.63, 3.8) is 0 Å². The first kappa shape index (κ1) is 15.5. The third-order valence-corrected chi connectivity index (χ3v) is 5.13. The van der Waals surface area contributed by atoms with Crippen molar-refractivity contribution in [1.29, 1.82) is 0 Å². The number of thiophene rings is 1. The fourth-order valence-electron chi connectivity index (χ4n) is 2.15. The lowest BCUT2D eigenvalue weighted by Gasteiger charge is -2.32. The molecule has 1 aromatic heterocycles. The van der Waals surface area contributed by atoms with Crippen LogP contribution in [-0.2, 0) is 18.8 Å². The highest BCUT2D eigenvalue weighted by Gasteiger charge is 2.54. The molecule has 0 spiro atoms. The first-order chi connectivity index (χ1) is 9.27. The molecule has 2 rings (SSSR count). The van der Waals surface area contributed by atoms with Gasteiger partial charge in [0.05, 0.1) is 24.7 Å². The molecule has 0 N–H and O–H groups in total. The molecule has 20 heavy (non-hydrogen) atoms. The van der Waals surface area contributed by atoms with E-state index in [1.54, 1.807) is 11.3 Å². The van der Waals surface area contributed by atoms with Gasteiger partial charge < -0.3 is 14.0 Å². The van der Waals surface area contributed by atoms with Crippen molar-refractivity contribution in [2.24, 2.45) is 0 Å². The Morgan fingerprint density at radius 1 is 1.35 bits per heavy atom. The Morgan fingerprint density at radius 2 is 1.95 bits per heavy atom. The maximum absolute atomic E-state index is 11.7. The van der Waals surface area contributed by atoms with E-state index in [9.17, 15) is 4.79 Å². The smallest absolute Gasteiger partial charge is 0.467 e. The van der Waals surface area contributed by atoms with Gasteiger partial charge in [-0.05, 0) is 39.1 Å². The van der Waals surface area contributed by atoms with Crippen LogP contribution >= 0.6 is 11.3 Å². The minimum atomic E-state index is -0.433. The van der Waals surface area contributed by atoms with Crippen molar-refractivity contribution in [1.82, 2.24) is 0 Å². The van der Waals surface area contributed by atoms with Crippen molar-refractivity contribution in [2.45, 2.75) is 51.1 Å². The number of carbonyl (C=O) groups excluding carboxylic acids is 1. The zero-order valence-corrected chi connectivity index (χ0v) is 13.5. The minimum absolute atomic E-state index is 0.136. The van der Waals surface area contributed by atoms with Crippen molar-refractivity contribution < 1.29 is 18.8 Å². The van der Waals surface area contributed by atoms with Crippen LogP contribution < -0.4 is 0 Å². The molecule has 0 aromatic carbocycles. The standard InChI is InChI=1S/C14H21BO4S/c1-13(2)14(3,4)19-15(18-13)10(9-12(16)17-5)11-7-6-8-20-11/h6-8,10H,9H2,1-5H3. The van der Waals surface area contributed by atoms with Crippen LogP contribution in [0.25, 0.3) is 0 Å². The summed E-state index contributed by atoms with van der Waals surface area (Å²) in [4.78, 5) is 12.7. The van der Waals surface area contributed by atoms with Crippen LogP contribution in [0, 0.1) is 0 Å². The largest absolute Gasteiger partial charge is 0.469 e. The number of hydrogen-bond acceptors (Lipinski definition) is 5. The molecule has 1 saturated heterocycles. The molecular formula is C14H21BO4S. The monoisotopic (exact) mass is 296 g/mol. The zero-order valence-electron chi connectivity index (χ0n) is 12.6. The lowest BCUT2D eigenvalue weighted by Crippen LogP contribution is -2.41. The van der Waals surface area contributed by atoms with Gasteiger partial charge in [0.15, 0.2) is 0 Å². The second-order valence-electron chi connectivity index (χ2n) is 6.03. The van der Waals surface area contributed by atoms with Crippen molar-refractivity contribution in [3.8, 4) is 0 Å². The van der Waals surface area contributed by atoms with Gasteiger partial charge in [-0.25, -0.2) is 0 Å². The SMILES string of the molecule is COC(=O)CC(B1OC(C)(C)C(C)(C)O1)c1cccs1. The minimum Gasteiger partial charge on any atom is -0.469 e. The number of carbonyl (C=O) groups is 1. The Kier molecular flexibility index (Phi) is 4.28. The first-order valence-corrected chi connectivity index (χ1v) is 7.60. The van der Waals surface area contributed by atoms with Crippen molar-refractivity contribution in [2.75, 3.05) is 7.11 Å². The summed E-state index contributed by atoms with van der Waals surface area (Å²) < 4.78 is 16.9. The molecule has 1 atom stereocenters. The fourth-order valence-corrected chi connectivity index (χ4v) is 2.99. The molecule has 6 heteroatoms. The summed E-state index contributed by atoms with van der Waals surface area (Å²) in [6.45, 7) is 8.04. The second kappa shape index (κ2) is 5.50. The van der Waals surface area contributed by atoms with Gasteiger partial charge >= 0.3 is 13.1 Å². The first-order valence-electron chi connectivity index (χ1n) is 6.73. The Morgan fingerprint density at radius 3 is 2.40 bits per heavy atom. The normalized spacial score (nSPS) is 21.8. The summed E-state index contributed by atoms with van der Waals surface area (Å²) in [5, 5.41) is 1.99. The lowest BCUT2D eigenvalue weighted by molar-refractivity contribution is -0.140. The summed E-state index contributed by atoms with van der Waals surface area (Å²) in [7, 11) is 0.968. The van der Waals surface area contributed by atoms with Gasteiger partial charge in [0.2, 0.25) is 0 Å². The molecule has 2 heterocycles. The van der Waals surface area contributed by atoms with Crippen LogP contribution in [0.2, 0.25) is 0 Å². The van der Waals surface area contributed by atoms with Crippen LogP contribution in [0.15, 0.2) is 17.5 Å². The Bertz CT molecular complexity index is 454. The predicted octanol–water partition coefficient (Wildman–Crippen LogP) is 3.03. The van der Waals surface area contributed by atoms with E-state index in [4.69, 9.17) is 14.0 Å². The van der Waals surface area contributed by atoms with Crippen LogP contribution in [-0.4, -0.2) is 31.4 Å². The van der Waals surface area contributed by atoms with Crippen molar-refractivity contribution >= 4 is 24.4 Å². The van der Waals surface area contributed by atoms with E-state index in [2.05, 4.69) is 0 Å². The average Bonchev–Trinajstić information content (AvgIpc) is 2.93. The number of esters is 1. The molecule has 1 aliphatic heterocycles.